The van der Waals surface area contributed by atoms with Gasteiger partial charge in [-0.1, -0.05) is 93.4 Å². The third-order valence-corrected chi connectivity index (χ3v) is 8.09. The molecule has 3 aromatic carbocycles. The van der Waals surface area contributed by atoms with E-state index in [1.54, 1.807) is 29.2 Å². The number of primary amides is 1. The second-order valence-corrected chi connectivity index (χ2v) is 11.4. The van der Waals surface area contributed by atoms with Crippen LogP contribution in [0.15, 0.2) is 84.2 Å². The van der Waals surface area contributed by atoms with Gasteiger partial charge in [0.05, 0.1) is 18.8 Å². The number of ether oxygens (including phenoxy) is 1. The first-order valence-corrected chi connectivity index (χ1v) is 15.3. The highest BCUT2D eigenvalue weighted by Crippen LogP contribution is 2.29. The quantitative estimate of drug-likeness (QED) is 0.144. The van der Waals surface area contributed by atoms with Crippen LogP contribution in [0, 0.1) is 0 Å². The van der Waals surface area contributed by atoms with Gasteiger partial charge in [-0.25, -0.2) is 4.98 Å². The van der Waals surface area contributed by atoms with Crippen LogP contribution in [0.4, 0.5) is 0 Å². The molecule has 8 heteroatoms. The number of nitrogens with two attached hydrogens (primary N) is 1. The van der Waals surface area contributed by atoms with E-state index in [1.165, 1.54) is 42.6 Å². The van der Waals surface area contributed by atoms with Crippen molar-refractivity contribution in [1.29, 1.82) is 0 Å². The zero-order chi connectivity index (χ0) is 29.9. The minimum atomic E-state index is -1.04. The molecule has 220 valence electrons. The van der Waals surface area contributed by atoms with Crippen molar-refractivity contribution in [1.82, 2.24) is 9.88 Å². The van der Waals surface area contributed by atoms with Crippen LogP contribution in [0.1, 0.15) is 73.2 Å². The average molecular weight is 586 g/mol. The fourth-order valence-electron chi connectivity index (χ4n) is 5.24. The lowest BCUT2D eigenvalue weighted by Crippen LogP contribution is -2.40. The molecule has 1 unspecified atom stereocenters. The number of amides is 1. The fourth-order valence-corrected chi connectivity index (χ4v) is 6.07. The van der Waals surface area contributed by atoms with Crippen LogP contribution in [-0.2, 0) is 22.7 Å². The maximum atomic E-state index is 12.4. The maximum absolute atomic E-state index is 12.4. The van der Waals surface area contributed by atoms with Crippen molar-refractivity contribution in [3.05, 3.63) is 106 Å². The Kier molecular flexibility index (Phi) is 11.3. The van der Waals surface area contributed by atoms with Gasteiger partial charge in [-0.15, -0.1) is 11.3 Å². The van der Waals surface area contributed by atoms with Crippen LogP contribution < -0.4 is 10.5 Å². The van der Waals surface area contributed by atoms with Crippen molar-refractivity contribution >= 4 is 23.2 Å². The predicted octanol–water partition coefficient (Wildman–Crippen LogP) is 7.19. The minimum Gasteiger partial charge on any atom is -0.489 e. The molecule has 0 spiro atoms. The lowest BCUT2D eigenvalue weighted by Gasteiger charge is -2.27. The summed E-state index contributed by atoms with van der Waals surface area (Å²) in [6.45, 7) is 4.78. The Bertz CT molecular complexity index is 1420. The van der Waals surface area contributed by atoms with Gasteiger partial charge in [0.2, 0.25) is 5.91 Å². The Hall–Kier alpha value is -4.01. The summed E-state index contributed by atoms with van der Waals surface area (Å²) < 4.78 is 6.05. The highest BCUT2D eigenvalue weighted by molar-refractivity contribution is 7.09. The number of nitrogens with zero attached hydrogens (tertiary/aromatic N) is 2. The van der Waals surface area contributed by atoms with Crippen molar-refractivity contribution in [3.63, 3.8) is 0 Å². The van der Waals surface area contributed by atoms with Gasteiger partial charge in [0.1, 0.15) is 23.4 Å². The number of carboxylic acids is 1. The van der Waals surface area contributed by atoms with Gasteiger partial charge >= 0.3 is 5.97 Å². The molecule has 1 atom stereocenters. The summed E-state index contributed by atoms with van der Waals surface area (Å²) in [5.74, 6) is -0.180. The Morgan fingerprint density at radius 1 is 0.929 bits per heavy atom. The van der Waals surface area contributed by atoms with Crippen LogP contribution in [0.25, 0.3) is 11.3 Å². The summed E-state index contributed by atoms with van der Waals surface area (Å²) in [5.41, 5.74) is 10.5. The number of carbonyl (C=O) groups is 2. The molecule has 0 aliphatic heterocycles. The lowest BCUT2D eigenvalue weighted by atomic mass is 9.90. The highest BCUT2D eigenvalue weighted by atomic mass is 32.1. The Balaban J connectivity index is 1.39. The van der Waals surface area contributed by atoms with Crippen molar-refractivity contribution in [2.24, 2.45) is 5.73 Å². The topological polar surface area (TPSA) is 106 Å². The van der Waals surface area contributed by atoms with Gasteiger partial charge in [-0.2, -0.15) is 0 Å². The van der Waals surface area contributed by atoms with Crippen LogP contribution in [0.2, 0.25) is 0 Å². The molecule has 0 bridgehead atoms. The molecule has 7 nitrogen and oxygen atoms in total. The van der Waals surface area contributed by atoms with E-state index in [0.717, 1.165) is 22.6 Å². The molecule has 1 amide bonds. The van der Waals surface area contributed by atoms with Gasteiger partial charge in [-0.05, 0) is 47.6 Å². The molecule has 3 N–H and O–H groups in total. The van der Waals surface area contributed by atoms with Crippen LogP contribution >= 0.6 is 11.3 Å². The van der Waals surface area contributed by atoms with E-state index >= 15 is 0 Å². The summed E-state index contributed by atoms with van der Waals surface area (Å²) in [6.07, 6.45) is 4.80. The third-order valence-electron chi connectivity index (χ3n) is 7.26. The average Bonchev–Trinajstić information content (AvgIpc) is 3.45. The third kappa shape index (κ3) is 8.50. The standard InChI is InChI=1S/C34H39N3O4S/c1-3-8-25(9-4-2)26-16-18-29(19-17-26)41-22-24-12-14-27(15-13-24)30-23-42-31(36-30)20-37(21-32(38)39)33(34(35)40)28-10-6-5-7-11-28/h5-7,10-19,23,25,33H,3-4,8-9,20-22H2,1-2H3,(H2,35,40)(H,38,39). The monoisotopic (exact) mass is 585 g/mol. The number of rotatable bonds is 16. The van der Waals surface area contributed by atoms with E-state index < -0.39 is 17.9 Å². The number of aromatic nitrogens is 1. The number of thiazole rings is 1. The van der Waals surface area contributed by atoms with Gasteiger partial charge < -0.3 is 15.6 Å². The van der Waals surface area contributed by atoms with Crippen LogP contribution in [0.5, 0.6) is 5.75 Å². The Morgan fingerprint density at radius 2 is 1.60 bits per heavy atom. The van der Waals surface area contributed by atoms with E-state index in [4.69, 9.17) is 15.5 Å². The molecule has 0 radical (unpaired) electrons. The predicted molar refractivity (Wildman–Crippen MR) is 167 cm³/mol. The molecule has 0 aliphatic carbocycles. The van der Waals surface area contributed by atoms with Gasteiger partial charge in [0.25, 0.3) is 0 Å². The SMILES string of the molecule is CCCC(CCC)c1ccc(OCc2ccc(-c3csc(CN(CC(=O)O)C(C(N)=O)c4ccccc4)n3)cc2)cc1. The zero-order valence-electron chi connectivity index (χ0n) is 24.2. The lowest BCUT2D eigenvalue weighted by molar-refractivity contribution is -0.140. The van der Waals surface area contributed by atoms with Crippen molar-refractivity contribution < 1.29 is 19.4 Å². The smallest absolute Gasteiger partial charge is 0.317 e. The molecule has 0 saturated carbocycles. The number of benzene rings is 3. The van der Waals surface area contributed by atoms with E-state index in [0.29, 0.717) is 23.1 Å². The van der Waals surface area contributed by atoms with Gasteiger partial charge in [0, 0.05) is 10.9 Å². The van der Waals surface area contributed by atoms with E-state index in [9.17, 15) is 14.7 Å². The summed E-state index contributed by atoms with van der Waals surface area (Å²) in [5, 5.41) is 12.2. The number of carbonyl (C=O) groups excluding carboxylic acids is 1. The maximum Gasteiger partial charge on any atom is 0.317 e. The van der Waals surface area contributed by atoms with Crippen LogP contribution in [0.3, 0.4) is 0 Å². The first-order valence-electron chi connectivity index (χ1n) is 14.4. The summed E-state index contributed by atoms with van der Waals surface area (Å²) in [7, 11) is 0. The molecule has 1 aromatic heterocycles. The normalized spacial score (nSPS) is 12.0. The summed E-state index contributed by atoms with van der Waals surface area (Å²) in [4.78, 5) is 30.3. The Morgan fingerprint density at radius 3 is 2.19 bits per heavy atom. The van der Waals surface area contributed by atoms with Gasteiger partial charge in [-0.3, -0.25) is 14.5 Å². The first kappa shape index (κ1) is 30.9. The molecule has 1 heterocycles. The highest BCUT2D eigenvalue weighted by Gasteiger charge is 2.28. The molecule has 0 fully saturated rings. The van der Waals surface area contributed by atoms with E-state index in [2.05, 4.69) is 38.1 Å². The van der Waals surface area contributed by atoms with Crippen molar-refractivity contribution in [2.75, 3.05) is 6.54 Å². The molecular weight excluding hydrogens is 546 g/mol. The largest absolute Gasteiger partial charge is 0.489 e. The molecule has 0 saturated heterocycles. The molecule has 4 aromatic rings. The first-order chi connectivity index (χ1) is 20.4. The second kappa shape index (κ2) is 15.3. The molecule has 0 aliphatic rings. The summed E-state index contributed by atoms with van der Waals surface area (Å²) in [6, 6.07) is 24.7. The minimum absolute atomic E-state index is 0.182. The van der Waals surface area contributed by atoms with E-state index in [-0.39, 0.29) is 13.1 Å². The number of aliphatic carboxylic acids is 1. The van der Waals surface area contributed by atoms with Crippen molar-refractivity contribution in [3.8, 4) is 17.0 Å². The molecular formula is C34H39N3O4S. The van der Waals surface area contributed by atoms with E-state index in [1.807, 2.05) is 35.7 Å². The van der Waals surface area contributed by atoms with Gasteiger partial charge in [0.15, 0.2) is 0 Å². The Labute approximate surface area is 252 Å². The second-order valence-electron chi connectivity index (χ2n) is 10.5. The van der Waals surface area contributed by atoms with Crippen molar-refractivity contribution in [2.45, 2.75) is 64.6 Å². The fraction of sp³-hybridized carbons (Fsp3) is 0.324. The number of carboxylic acid groups (broad SMARTS) is 1. The zero-order valence-corrected chi connectivity index (χ0v) is 25.1. The van der Waals surface area contributed by atoms with Crippen LogP contribution in [-0.4, -0.2) is 33.4 Å². The number of hydrogen-bond acceptors (Lipinski definition) is 6. The molecule has 42 heavy (non-hydrogen) atoms. The molecule has 4 rings (SSSR count). The number of hydrogen-bond donors (Lipinski definition) is 2. The summed E-state index contributed by atoms with van der Waals surface area (Å²) >= 11 is 1.42.